The van der Waals surface area contributed by atoms with Crippen LogP contribution in [0.2, 0.25) is 0 Å². The van der Waals surface area contributed by atoms with E-state index in [0.29, 0.717) is 22.0 Å². The lowest BCUT2D eigenvalue weighted by Gasteiger charge is -2.17. The summed E-state index contributed by atoms with van der Waals surface area (Å²) in [6.45, 7) is 2.04. The summed E-state index contributed by atoms with van der Waals surface area (Å²) in [6, 6.07) is 5.23. The van der Waals surface area contributed by atoms with Gasteiger partial charge in [0.1, 0.15) is 12.4 Å². The van der Waals surface area contributed by atoms with Crippen molar-refractivity contribution in [3.8, 4) is 0 Å². The number of fused-ring (bicyclic) bond motifs is 3. The topological polar surface area (TPSA) is 89.8 Å². The van der Waals surface area contributed by atoms with Crippen LogP contribution in [0.4, 0.5) is 5.82 Å². The number of thiophene rings is 1. The first kappa shape index (κ1) is 15.9. The van der Waals surface area contributed by atoms with Gasteiger partial charge in [0, 0.05) is 11.1 Å². The lowest BCUT2D eigenvalue weighted by molar-refractivity contribution is -0.117. The molecule has 1 amide bonds. The predicted octanol–water partition coefficient (Wildman–Crippen LogP) is 2.01. The first-order chi connectivity index (χ1) is 12.1. The molecule has 3 heterocycles. The third-order valence-electron chi connectivity index (χ3n) is 4.41. The molecule has 7 nitrogen and oxygen atoms in total. The molecule has 0 bridgehead atoms. The number of pyridine rings is 1. The number of amides is 1. The Morgan fingerprint density at radius 3 is 3.12 bits per heavy atom. The molecular weight excluding hydrogens is 338 g/mol. The van der Waals surface area contributed by atoms with Crippen LogP contribution in [0.3, 0.4) is 0 Å². The summed E-state index contributed by atoms with van der Waals surface area (Å²) in [5.41, 5.74) is 0.852. The molecule has 128 valence electrons. The highest BCUT2D eigenvalue weighted by Crippen LogP contribution is 2.35. The molecule has 3 aromatic heterocycles. The zero-order chi connectivity index (χ0) is 17.4. The summed E-state index contributed by atoms with van der Waals surface area (Å²) in [5.74, 6) is 0.712. The predicted molar refractivity (Wildman–Crippen MR) is 95.7 cm³/mol. The Balaban J connectivity index is 1.63. The summed E-state index contributed by atoms with van der Waals surface area (Å²) < 4.78 is 1.13. The van der Waals surface area contributed by atoms with Gasteiger partial charge in [0.15, 0.2) is 4.83 Å². The number of aromatic nitrogens is 4. The van der Waals surface area contributed by atoms with E-state index >= 15 is 0 Å². The van der Waals surface area contributed by atoms with E-state index in [-0.39, 0.29) is 18.0 Å². The Bertz CT molecular complexity index is 995. The van der Waals surface area contributed by atoms with Gasteiger partial charge in [-0.15, -0.1) is 16.4 Å². The number of carbonyl (C=O) groups is 1. The third-order valence-corrected chi connectivity index (χ3v) is 5.55. The molecule has 8 heteroatoms. The minimum absolute atomic E-state index is 0.181. The number of nitrogens with one attached hydrogen (secondary N) is 1. The lowest BCUT2D eigenvalue weighted by Crippen LogP contribution is -2.30. The van der Waals surface area contributed by atoms with Gasteiger partial charge in [-0.3, -0.25) is 9.59 Å². The molecule has 1 atom stereocenters. The van der Waals surface area contributed by atoms with Crippen molar-refractivity contribution in [1.82, 2.24) is 20.0 Å². The van der Waals surface area contributed by atoms with Crippen molar-refractivity contribution in [1.29, 1.82) is 0 Å². The number of nitrogens with zero attached hydrogens (tertiary/aromatic N) is 4. The van der Waals surface area contributed by atoms with E-state index in [1.54, 1.807) is 35.7 Å². The second kappa shape index (κ2) is 6.36. The second-order valence-corrected chi connectivity index (χ2v) is 7.43. The van der Waals surface area contributed by atoms with Gasteiger partial charge < -0.3 is 5.32 Å². The van der Waals surface area contributed by atoms with Crippen molar-refractivity contribution in [3.63, 3.8) is 0 Å². The number of hydrogen-bond acceptors (Lipinski definition) is 6. The smallest absolute Gasteiger partial charge is 0.279 e. The van der Waals surface area contributed by atoms with Crippen molar-refractivity contribution in [3.05, 3.63) is 45.2 Å². The number of rotatable bonds is 3. The molecule has 4 rings (SSSR count). The Kier molecular flexibility index (Phi) is 4.04. The van der Waals surface area contributed by atoms with Gasteiger partial charge in [-0.05, 0) is 42.9 Å². The molecule has 1 N–H and O–H groups in total. The van der Waals surface area contributed by atoms with Gasteiger partial charge in [0.25, 0.3) is 5.56 Å². The molecule has 0 fully saturated rings. The van der Waals surface area contributed by atoms with E-state index in [1.165, 1.54) is 4.88 Å². The van der Waals surface area contributed by atoms with Gasteiger partial charge >= 0.3 is 0 Å². The molecule has 0 radical (unpaired) electrons. The Morgan fingerprint density at radius 2 is 2.32 bits per heavy atom. The van der Waals surface area contributed by atoms with Gasteiger partial charge in [-0.2, -0.15) is 0 Å². The highest BCUT2D eigenvalue weighted by molar-refractivity contribution is 7.18. The van der Waals surface area contributed by atoms with Crippen LogP contribution in [0.25, 0.3) is 10.2 Å². The Morgan fingerprint density at radius 1 is 1.44 bits per heavy atom. The molecule has 3 aromatic rings. The van der Waals surface area contributed by atoms with E-state index in [2.05, 4.69) is 27.5 Å². The van der Waals surface area contributed by atoms with Crippen molar-refractivity contribution in [2.75, 3.05) is 5.32 Å². The van der Waals surface area contributed by atoms with Crippen molar-refractivity contribution in [2.45, 2.75) is 32.7 Å². The standard InChI is InChI=1S/C17H17N5O2S/c1-10-5-6-11-12(8-10)25-16-15(11)17(24)22(21-20-16)9-14(23)19-13-4-2-3-7-18-13/h2-4,7,10H,5-6,8-9H2,1H3,(H,18,19,23). The summed E-state index contributed by atoms with van der Waals surface area (Å²) in [6.07, 6.45) is 4.53. The maximum absolute atomic E-state index is 12.8. The average Bonchev–Trinajstić information content (AvgIpc) is 2.96. The molecule has 1 aliphatic carbocycles. The fraction of sp³-hybridized carbons (Fsp3) is 0.353. The minimum atomic E-state index is -0.354. The normalized spacial score (nSPS) is 16.6. The summed E-state index contributed by atoms with van der Waals surface area (Å²) in [7, 11) is 0. The van der Waals surface area contributed by atoms with Crippen LogP contribution in [0.15, 0.2) is 29.2 Å². The Hall–Kier alpha value is -2.61. The van der Waals surface area contributed by atoms with Crippen LogP contribution in [0.1, 0.15) is 23.8 Å². The van der Waals surface area contributed by atoms with Gasteiger partial charge in [-0.25, -0.2) is 9.67 Å². The van der Waals surface area contributed by atoms with Gasteiger partial charge in [0.2, 0.25) is 5.91 Å². The third kappa shape index (κ3) is 3.05. The molecule has 25 heavy (non-hydrogen) atoms. The minimum Gasteiger partial charge on any atom is -0.309 e. The van der Waals surface area contributed by atoms with Crippen LogP contribution in [-0.4, -0.2) is 25.9 Å². The first-order valence-corrected chi connectivity index (χ1v) is 9.02. The summed E-state index contributed by atoms with van der Waals surface area (Å²) in [4.78, 5) is 30.9. The highest BCUT2D eigenvalue weighted by Gasteiger charge is 2.24. The highest BCUT2D eigenvalue weighted by atomic mass is 32.1. The molecule has 0 saturated carbocycles. The quantitative estimate of drug-likeness (QED) is 0.776. The monoisotopic (exact) mass is 355 g/mol. The molecule has 0 spiro atoms. The second-order valence-electron chi connectivity index (χ2n) is 6.35. The molecule has 1 aliphatic rings. The fourth-order valence-electron chi connectivity index (χ4n) is 3.15. The summed E-state index contributed by atoms with van der Waals surface area (Å²) >= 11 is 1.55. The van der Waals surface area contributed by atoms with E-state index < -0.39 is 0 Å². The number of carbonyl (C=O) groups excluding carboxylic acids is 1. The maximum atomic E-state index is 12.8. The largest absolute Gasteiger partial charge is 0.309 e. The first-order valence-electron chi connectivity index (χ1n) is 8.20. The van der Waals surface area contributed by atoms with Crippen molar-refractivity contribution >= 4 is 33.3 Å². The Labute approximate surface area is 147 Å². The van der Waals surface area contributed by atoms with Crippen LogP contribution >= 0.6 is 11.3 Å². The zero-order valence-corrected chi connectivity index (χ0v) is 14.5. The molecular formula is C17H17N5O2S. The number of hydrogen-bond donors (Lipinski definition) is 1. The number of aryl methyl sites for hydroxylation is 1. The van der Waals surface area contributed by atoms with Crippen LogP contribution in [0, 0.1) is 5.92 Å². The van der Waals surface area contributed by atoms with E-state index in [4.69, 9.17) is 0 Å². The fourth-order valence-corrected chi connectivity index (χ4v) is 4.47. The van der Waals surface area contributed by atoms with Crippen molar-refractivity contribution < 1.29 is 4.79 Å². The maximum Gasteiger partial charge on any atom is 0.279 e. The van der Waals surface area contributed by atoms with E-state index in [9.17, 15) is 9.59 Å². The SMILES string of the molecule is CC1CCc2c(sc3nnn(CC(=O)Nc4ccccn4)c(=O)c23)C1. The lowest BCUT2D eigenvalue weighted by atomic mass is 9.89. The van der Waals surface area contributed by atoms with E-state index in [1.807, 2.05) is 0 Å². The van der Waals surface area contributed by atoms with Gasteiger partial charge in [-0.1, -0.05) is 18.2 Å². The van der Waals surface area contributed by atoms with Crippen LogP contribution in [0.5, 0.6) is 0 Å². The molecule has 1 unspecified atom stereocenters. The van der Waals surface area contributed by atoms with Crippen LogP contribution < -0.4 is 10.9 Å². The zero-order valence-electron chi connectivity index (χ0n) is 13.7. The molecule has 0 aliphatic heterocycles. The molecule has 0 saturated heterocycles. The van der Waals surface area contributed by atoms with Gasteiger partial charge in [0.05, 0.1) is 5.39 Å². The molecule has 0 aromatic carbocycles. The van der Waals surface area contributed by atoms with Crippen molar-refractivity contribution in [2.24, 2.45) is 5.92 Å². The average molecular weight is 355 g/mol. The van der Waals surface area contributed by atoms with E-state index in [0.717, 1.165) is 29.5 Å². The number of anilines is 1. The summed E-state index contributed by atoms with van der Waals surface area (Å²) in [5, 5.41) is 11.4. The van der Waals surface area contributed by atoms with Crippen LogP contribution in [-0.2, 0) is 24.2 Å².